The Balaban J connectivity index is 0.000000104. The van der Waals surface area contributed by atoms with E-state index in [1.165, 1.54) is 0 Å². The average Bonchev–Trinajstić information content (AvgIpc) is 1.07. The van der Waals surface area contributed by atoms with Crippen molar-refractivity contribution >= 4 is 191 Å². The Morgan fingerprint density at radius 1 is 0.202 bits per heavy atom. The van der Waals surface area contributed by atoms with Gasteiger partial charge >= 0.3 is 7.12 Å². The lowest BCUT2D eigenvalue weighted by atomic mass is 9.80. The molecule has 10 heterocycles. The molecule has 0 amide bonds. The number of fused-ring (bicyclic) bond motifs is 18. The molecule has 0 aliphatic carbocycles. The third-order valence-electron chi connectivity index (χ3n) is 21.6. The van der Waals surface area contributed by atoms with Crippen molar-refractivity contribution in [3.05, 3.63) is 426 Å². The fraction of sp³-hybridized carbons (Fsp3) is 0. The molecule has 0 unspecified atom stereocenters. The molecule has 0 bridgehead atoms. The van der Waals surface area contributed by atoms with Gasteiger partial charge in [-0.2, -0.15) is 0 Å². The number of furan rings is 2. The van der Waals surface area contributed by atoms with Crippen LogP contribution in [-0.4, -0.2) is 57.0 Å². The minimum Gasteiger partial charge on any atom is -0.456 e. The van der Waals surface area contributed by atoms with Gasteiger partial charge in [0.2, 0.25) is 0 Å². The van der Waals surface area contributed by atoms with Crippen LogP contribution in [0, 0.1) is 0 Å². The maximum Gasteiger partial charge on any atom is 0.488 e. The maximum atomic E-state index is 9.12. The van der Waals surface area contributed by atoms with Crippen molar-refractivity contribution in [2.24, 2.45) is 0 Å². The fourth-order valence-corrected chi connectivity index (χ4v) is 16.1. The summed E-state index contributed by atoms with van der Waals surface area (Å²) in [5, 5.41) is 31.3. The smallest absolute Gasteiger partial charge is 0.456 e. The fourth-order valence-electron chi connectivity index (χ4n) is 15.3. The highest BCUT2D eigenvalue weighted by atomic mass is 79.9. The van der Waals surface area contributed by atoms with Crippen LogP contribution in [0.1, 0.15) is 0 Å². The highest BCUT2D eigenvalue weighted by molar-refractivity contribution is 9.11. The summed E-state index contributed by atoms with van der Waals surface area (Å²) >= 11 is 10.1. The molecule has 14 aromatic carbocycles. The van der Waals surface area contributed by atoms with E-state index in [2.05, 4.69) is 293 Å². The Kier molecular flexibility index (Phi) is 23.0. The molecule has 0 saturated heterocycles. The van der Waals surface area contributed by atoms with Crippen LogP contribution in [0.25, 0.3) is 199 Å². The molecular formula is C108H70BBr3N8O4. The molecule has 2 N–H and O–H groups in total. The first-order chi connectivity index (χ1) is 61.0. The predicted octanol–water partition coefficient (Wildman–Crippen LogP) is 28.3. The van der Waals surface area contributed by atoms with Gasteiger partial charge < -0.3 is 18.9 Å². The van der Waals surface area contributed by atoms with Crippen molar-refractivity contribution in [3.63, 3.8) is 0 Å². The van der Waals surface area contributed by atoms with Crippen LogP contribution in [0.4, 0.5) is 0 Å². The Bertz CT molecular complexity index is 7940. The average molecular weight is 1790 g/mol. The molecule has 0 spiro atoms. The first-order valence-corrected chi connectivity index (χ1v) is 42.6. The normalized spacial score (nSPS) is 11.1. The number of hydrogen-bond acceptors (Lipinski definition) is 12. The summed E-state index contributed by atoms with van der Waals surface area (Å²) in [4.78, 5) is 38.0. The molecule has 24 rings (SSSR count). The van der Waals surface area contributed by atoms with E-state index in [4.69, 9.17) is 43.8 Å². The first kappa shape index (κ1) is 79.2. The summed E-state index contributed by atoms with van der Waals surface area (Å²) in [5.41, 5.74) is 24.1. The van der Waals surface area contributed by atoms with E-state index in [9.17, 15) is 0 Å². The number of aromatic nitrogens is 8. The standard InChI is InChI=1S/C36H22N2O.C24H15BrN2.C18H12N2.C12H9BO3.C12H8N2.C6H4Br2/c1-2-6-24(7-3-1)31-19-16-26-14-15-27-17-20-32(38-36(27)35(26)37-31)25-12-10-23(11-13-25)28-18-21-34-30(22-28)29-8-4-5-9-33(29)39-34;25-20-12-8-17(9-13-20)22-15-11-19-7-6-18-10-14-21(16-4-2-1-3-5-16)26-23(18)24(19)27-22;1-2-5-13(6-3-1)16-11-10-15-9-8-14-7-4-12-19-17(14)18(15)20-16;14-13(15)8-5-6-12-10(7-8)9-3-1-2-4-11(9)16-12;1-3-9-5-6-10-4-2-8-14-12(10)11(9)13-7-1;7-5-1-2-6(8)4-3-5/h1-22H;1-15H;1-12H;1-7,14-15H;1-8H;1-4H. The van der Waals surface area contributed by atoms with Crippen LogP contribution in [0.3, 0.4) is 0 Å². The van der Waals surface area contributed by atoms with Crippen LogP contribution in [0.2, 0.25) is 0 Å². The van der Waals surface area contributed by atoms with Gasteiger partial charge in [0.1, 0.15) is 22.3 Å². The van der Waals surface area contributed by atoms with Crippen molar-refractivity contribution in [1.29, 1.82) is 0 Å². The molecule has 10 aromatic heterocycles. The van der Waals surface area contributed by atoms with Gasteiger partial charge in [-0.3, -0.25) is 15.0 Å². The molecule has 0 aliphatic rings. The van der Waals surface area contributed by atoms with Gasteiger partial charge in [0.05, 0.1) is 72.6 Å². The Morgan fingerprint density at radius 2 is 0.460 bits per heavy atom. The summed E-state index contributed by atoms with van der Waals surface area (Å²) in [6.07, 6.45) is 5.42. The first-order valence-electron chi connectivity index (χ1n) is 40.3. The molecule has 0 radical (unpaired) electrons. The number of benzene rings is 14. The third-order valence-corrected chi connectivity index (χ3v) is 23.1. The lowest BCUT2D eigenvalue weighted by Gasteiger charge is -2.09. The summed E-state index contributed by atoms with van der Waals surface area (Å²) in [6.45, 7) is 0. The van der Waals surface area contributed by atoms with E-state index in [1.807, 2.05) is 152 Å². The zero-order valence-corrected chi connectivity index (χ0v) is 71.0. The molecule has 0 aliphatic heterocycles. The molecule has 0 atom stereocenters. The van der Waals surface area contributed by atoms with E-state index >= 15 is 0 Å². The molecule has 12 nitrogen and oxygen atoms in total. The van der Waals surface area contributed by atoms with Crippen molar-refractivity contribution < 1.29 is 18.9 Å². The molecule has 124 heavy (non-hydrogen) atoms. The summed E-state index contributed by atoms with van der Waals surface area (Å²) in [6, 6.07) is 133. The second kappa shape index (κ2) is 36.0. The van der Waals surface area contributed by atoms with Gasteiger partial charge in [0, 0.05) is 124 Å². The lowest BCUT2D eigenvalue weighted by Crippen LogP contribution is -2.29. The van der Waals surface area contributed by atoms with E-state index < -0.39 is 7.12 Å². The van der Waals surface area contributed by atoms with E-state index in [1.54, 1.807) is 30.6 Å². The summed E-state index contributed by atoms with van der Waals surface area (Å²) in [5.74, 6) is 0. The number of halogens is 3. The minimum atomic E-state index is -1.45. The zero-order chi connectivity index (χ0) is 83.8. The summed E-state index contributed by atoms with van der Waals surface area (Å²) < 4.78 is 14.9. The number of para-hydroxylation sites is 2. The summed E-state index contributed by atoms with van der Waals surface area (Å²) in [7, 11) is -1.45. The van der Waals surface area contributed by atoms with Gasteiger partial charge in [-0.15, -0.1) is 0 Å². The predicted molar refractivity (Wildman–Crippen MR) is 521 cm³/mol. The molecule has 0 fully saturated rings. The molecule has 590 valence electrons. The third kappa shape index (κ3) is 17.3. The van der Waals surface area contributed by atoms with Gasteiger partial charge in [0.25, 0.3) is 0 Å². The van der Waals surface area contributed by atoms with E-state index in [-0.39, 0.29) is 0 Å². The van der Waals surface area contributed by atoms with Gasteiger partial charge in [-0.05, 0) is 132 Å². The molecular weight excluding hydrogens is 1720 g/mol. The quantitative estimate of drug-likeness (QED) is 0.115. The zero-order valence-electron chi connectivity index (χ0n) is 66.3. The monoisotopic (exact) mass is 1790 g/mol. The molecule has 24 aromatic rings. The van der Waals surface area contributed by atoms with Crippen LogP contribution in [0.5, 0.6) is 0 Å². The second-order valence-electron chi connectivity index (χ2n) is 29.5. The van der Waals surface area contributed by atoms with Crippen molar-refractivity contribution in [2.75, 3.05) is 0 Å². The number of hydrogen-bond donors (Lipinski definition) is 2. The maximum absolute atomic E-state index is 9.12. The van der Waals surface area contributed by atoms with Crippen LogP contribution >= 0.6 is 47.8 Å². The second-order valence-corrected chi connectivity index (χ2v) is 32.2. The topological polar surface area (TPSA) is 170 Å². The highest BCUT2D eigenvalue weighted by Gasteiger charge is 2.17. The van der Waals surface area contributed by atoms with Crippen LogP contribution in [-0.2, 0) is 0 Å². The molecule has 16 heteroatoms. The highest BCUT2D eigenvalue weighted by Crippen LogP contribution is 2.37. The number of rotatable bonds is 7. The number of pyridine rings is 8. The molecule has 0 saturated carbocycles. The SMILES string of the molecule is Brc1ccc(-c2ccc3ccc4ccc(-c5ccccc5)nc4c3n2)cc1.Brc1ccc(Br)cc1.OB(O)c1ccc2oc3ccccc3c2c1.c1ccc(-c2ccc3ccc4ccc(-c5ccc(-c6ccc7oc8ccccc8c7c6)cc5)nc4c3n2)cc1.c1ccc(-c2ccc3ccc4cccnc4c3n2)cc1.c1cnc2c(c1)ccc1cccnc12. The number of nitrogens with zero attached hydrogens (tertiary/aromatic N) is 8. The van der Waals surface area contributed by atoms with E-state index in [0.717, 1.165) is 212 Å². The van der Waals surface area contributed by atoms with Crippen molar-refractivity contribution in [2.45, 2.75) is 0 Å². The Morgan fingerprint density at radius 3 is 0.823 bits per heavy atom. The Hall–Kier alpha value is -14.6. The van der Waals surface area contributed by atoms with Crippen molar-refractivity contribution in [3.8, 4) is 67.4 Å². The lowest BCUT2D eigenvalue weighted by molar-refractivity contribution is 0.426. The van der Waals surface area contributed by atoms with Crippen LogP contribution in [0.15, 0.2) is 435 Å². The largest absolute Gasteiger partial charge is 0.488 e. The Labute approximate surface area is 738 Å². The minimum absolute atomic E-state index is 0.471. The van der Waals surface area contributed by atoms with Gasteiger partial charge in [0.15, 0.2) is 0 Å². The van der Waals surface area contributed by atoms with Gasteiger partial charge in [-0.25, -0.2) is 24.9 Å². The van der Waals surface area contributed by atoms with E-state index in [0.29, 0.717) is 5.46 Å². The van der Waals surface area contributed by atoms with Crippen molar-refractivity contribution in [1.82, 2.24) is 39.9 Å². The van der Waals surface area contributed by atoms with Gasteiger partial charge in [-0.1, -0.05) is 327 Å². The van der Waals surface area contributed by atoms with Crippen LogP contribution < -0.4 is 5.46 Å².